The van der Waals surface area contributed by atoms with Crippen molar-refractivity contribution >= 4 is 17.1 Å². The summed E-state index contributed by atoms with van der Waals surface area (Å²) in [5.74, 6) is 1.33. The zero-order chi connectivity index (χ0) is 15.2. The van der Waals surface area contributed by atoms with E-state index in [2.05, 4.69) is 10.9 Å². The van der Waals surface area contributed by atoms with Crippen LogP contribution in [-0.2, 0) is 0 Å². The molecule has 110 valence electrons. The van der Waals surface area contributed by atoms with E-state index in [0.29, 0.717) is 22.9 Å². The second-order valence-electron chi connectivity index (χ2n) is 4.12. The van der Waals surface area contributed by atoms with Gasteiger partial charge >= 0.3 is 0 Å². The van der Waals surface area contributed by atoms with Gasteiger partial charge in [-0.2, -0.15) is 0 Å². The highest BCUT2D eigenvalue weighted by atomic mass is 16.6. The van der Waals surface area contributed by atoms with Crippen LogP contribution >= 0.6 is 0 Å². The number of hydrazine groups is 1. The summed E-state index contributed by atoms with van der Waals surface area (Å²) in [5, 5.41) is 10.6. The predicted molar refractivity (Wildman–Crippen MR) is 79.9 cm³/mol. The fourth-order valence-corrected chi connectivity index (χ4v) is 1.72. The van der Waals surface area contributed by atoms with Gasteiger partial charge in [0.1, 0.15) is 11.5 Å². The molecular weight excluding hydrogens is 274 g/mol. The fourth-order valence-electron chi connectivity index (χ4n) is 1.72. The third kappa shape index (κ3) is 3.53. The third-order valence-electron chi connectivity index (χ3n) is 2.83. The molecular formula is C14H15N3O4. The monoisotopic (exact) mass is 289 g/mol. The lowest BCUT2D eigenvalue weighted by atomic mass is 10.2. The summed E-state index contributed by atoms with van der Waals surface area (Å²) in [5.41, 5.74) is 7.34. The smallest absolute Gasteiger partial charge is 0.269 e. The quantitative estimate of drug-likeness (QED) is 0.628. The van der Waals surface area contributed by atoms with E-state index >= 15 is 0 Å². The Morgan fingerprint density at radius 1 is 1.00 bits per heavy atom. The highest BCUT2D eigenvalue weighted by Gasteiger charge is 2.06. The first-order valence-electron chi connectivity index (χ1n) is 6.12. The number of hydrogen-bond acceptors (Lipinski definition) is 6. The molecule has 2 aromatic carbocycles. The van der Waals surface area contributed by atoms with Crippen molar-refractivity contribution in [1.29, 1.82) is 0 Å². The van der Waals surface area contributed by atoms with E-state index in [1.54, 1.807) is 44.6 Å². The lowest BCUT2D eigenvalue weighted by Crippen LogP contribution is -2.09. The first-order valence-corrected chi connectivity index (χ1v) is 6.12. The van der Waals surface area contributed by atoms with E-state index in [1.807, 2.05) is 0 Å². The standard InChI is InChI=1S/C14H15N3O4/c1-20-12-7-8-14(21-2)13(9-12)16-15-10-3-5-11(6-4-10)17(18)19/h3-9,15-16H,1-2H3. The van der Waals surface area contributed by atoms with Crippen LogP contribution in [0.1, 0.15) is 0 Å². The highest BCUT2D eigenvalue weighted by Crippen LogP contribution is 2.29. The van der Waals surface area contributed by atoms with Crippen LogP contribution in [0.5, 0.6) is 11.5 Å². The molecule has 0 aliphatic heterocycles. The second kappa shape index (κ2) is 6.47. The number of methoxy groups -OCH3 is 2. The number of hydrogen-bond donors (Lipinski definition) is 2. The zero-order valence-corrected chi connectivity index (χ0v) is 11.6. The number of ether oxygens (including phenoxy) is 2. The van der Waals surface area contributed by atoms with Crippen molar-refractivity contribution in [2.24, 2.45) is 0 Å². The summed E-state index contributed by atoms with van der Waals surface area (Å²) in [7, 11) is 3.15. The Morgan fingerprint density at radius 2 is 1.71 bits per heavy atom. The van der Waals surface area contributed by atoms with Gasteiger partial charge in [0, 0.05) is 18.2 Å². The molecule has 0 unspecified atom stereocenters. The molecule has 0 amide bonds. The normalized spacial score (nSPS) is 9.81. The average molecular weight is 289 g/mol. The number of rotatable bonds is 6. The topological polar surface area (TPSA) is 85.7 Å². The number of anilines is 2. The van der Waals surface area contributed by atoms with Crippen LogP contribution in [-0.4, -0.2) is 19.1 Å². The highest BCUT2D eigenvalue weighted by molar-refractivity contribution is 5.63. The van der Waals surface area contributed by atoms with Gasteiger partial charge in [0.2, 0.25) is 0 Å². The third-order valence-corrected chi connectivity index (χ3v) is 2.83. The Hall–Kier alpha value is -2.96. The molecule has 0 spiro atoms. The fraction of sp³-hybridized carbons (Fsp3) is 0.143. The number of nitro benzene ring substituents is 1. The van der Waals surface area contributed by atoms with Crippen molar-refractivity contribution in [2.45, 2.75) is 0 Å². The summed E-state index contributed by atoms with van der Waals surface area (Å²) in [4.78, 5) is 10.1. The van der Waals surface area contributed by atoms with Crippen molar-refractivity contribution in [3.05, 3.63) is 52.6 Å². The average Bonchev–Trinajstić information content (AvgIpc) is 2.52. The molecule has 0 heterocycles. The van der Waals surface area contributed by atoms with E-state index < -0.39 is 4.92 Å². The molecule has 0 fully saturated rings. The van der Waals surface area contributed by atoms with Crippen molar-refractivity contribution in [2.75, 3.05) is 25.1 Å². The van der Waals surface area contributed by atoms with Gasteiger partial charge in [-0.15, -0.1) is 0 Å². The molecule has 0 aliphatic carbocycles. The van der Waals surface area contributed by atoms with Crippen LogP contribution < -0.4 is 20.3 Å². The molecule has 2 aromatic rings. The summed E-state index contributed by atoms with van der Waals surface area (Å²) in [6, 6.07) is 11.4. The maximum Gasteiger partial charge on any atom is 0.269 e. The van der Waals surface area contributed by atoms with Crippen LogP contribution in [0.4, 0.5) is 17.1 Å². The molecule has 2 N–H and O–H groups in total. The minimum atomic E-state index is -0.442. The number of nitrogens with zero attached hydrogens (tertiary/aromatic N) is 1. The molecule has 0 saturated heterocycles. The molecule has 2 rings (SSSR count). The Bertz CT molecular complexity index is 629. The summed E-state index contributed by atoms with van der Waals surface area (Å²) < 4.78 is 10.4. The van der Waals surface area contributed by atoms with Crippen LogP contribution in [0.15, 0.2) is 42.5 Å². The molecule has 21 heavy (non-hydrogen) atoms. The minimum absolute atomic E-state index is 0.0412. The number of nitro groups is 1. The van der Waals surface area contributed by atoms with Crippen molar-refractivity contribution in [1.82, 2.24) is 0 Å². The molecule has 0 aromatic heterocycles. The molecule has 0 bridgehead atoms. The van der Waals surface area contributed by atoms with Gasteiger partial charge in [-0.25, -0.2) is 0 Å². The lowest BCUT2D eigenvalue weighted by molar-refractivity contribution is -0.384. The number of nitrogens with one attached hydrogen (secondary N) is 2. The Labute approximate surface area is 121 Å². The van der Waals surface area contributed by atoms with Gasteiger partial charge in [-0.1, -0.05) is 0 Å². The van der Waals surface area contributed by atoms with Crippen LogP contribution in [0, 0.1) is 10.1 Å². The molecule has 0 radical (unpaired) electrons. The van der Waals surface area contributed by atoms with E-state index in [0.717, 1.165) is 0 Å². The van der Waals surface area contributed by atoms with Crippen molar-refractivity contribution in [3.8, 4) is 11.5 Å². The first kappa shape index (κ1) is 14.4. The number of non-ortho nitro benzene ring substituents is 1. The van der Waals surface area contributed by atoms with Gasteiger partial charge in [-0.05, 0) is 24.3 Å². The molecule has 7 nitrogen and oxygen atoms in total. The Balaban J connectivity index is 2.10. The largest absolute Gasteiger partial charge is 0.497 e. The van der Waals surface area contributed by atoms with Gasteiger partial charge in [0.05, 0.1) is 30.5 Å². The summed E-state index contributed by atoms with van der Waals surface area (Å²) in [6.45, 7) is 0. The molecule has 0 aliphatic rings. The molecule has 0 saturated carbocycles. The summed E-state index contributed by atoms with van der Waals surface area (Å²) in [6.07, 6.45) is 0. The Morgan fingerprint density at radius 3 is 2.29 bits per heavy atom. The van der Waals surface area contributed by atoms with Gasteiger partial charge in [0.25, 0.3) is 5.69 Å². The zero-order valence-electron chi connectivity index (χ0n) is 11.6. The van der Waals surface area contributed by atoms with Crippen molar-refractivity contribution in [3.63, 3.8) is 0 Å². The van der Waals surface area contributed by atoms with Crippen LogP contribution in [0.25, 0.3) is 0 Å². The van der Waals surface area contributed by atoms with Crippen LogP contribution in [0.2, 0.25) is 0 Å². The van der Waals surface area contributed by atoms with E-state index in [4.69, 9.17) is 9.47 Å². The van der Waals surface area contributed by atoms with E-state index in [9.17, 15) is 10.1 Å². The van der Waals surface area contributed by atoms with Crippen LogP contribution in [0.3, 0.4) is 0 Å². The van der Waals surface area contributed by atoms with Gasteiger partial charge in [0.15, 0.2) is 0 Å². The van der Waals surface area contributed by atoms with Crippen molar-refractivity contribution < 1.29 is 14.4 Å². The second-order valence-corrected chi connectivity index (χ2v) is 4.12. The first-order chi connectivity index (χ1) is 10.1. The maximum atomic E-state index is 10.6. The lowest BCUT2D eigenvalue weighted by Gasteiger charge is -2.14. The van der Waals surface area contributed by atoms with E-state index in [-0.39, 0.29) is 5.69 Å². The number of benzene rings is 2. The molecule has 0 atom stereocenters. The maximum absolute atomic E-state index is 10.6. The minimum Gasteiger partial charge on any atom is -0.497 e. The van der Waals surface area contributed by atoms with Gasteiger partial charge < -0.3 is 14.9 Å². The Kier molecular flexibility index (Phi) is 4.45. The SMILES string of the molecule is COc1ccc(OC)c(NNc2ccc([N+](=O)[O-])cc2)c1. The predicted octanol–water partition coefficient (Wildman–Crippen LogP) is 3.05. The van der Waals surface area contributed by atoms with Gasteiger partial charge in [-0.3, -0.25) is 15.5 Å². The summed E-state index contributed by atoms with van der Waals surface area (Å²) >= 11 is 0. The van der Waals surface area contributed by atoms with E-state index in [1.165, 1.54) is 12.1 Å². The molecule has 7 heteroatoms.